The Morgan fingerprint density at radius 3 is 2.57 bits per heavy atom. The summed E-state index contributed by atoms with van der Waals surface area (Å²) in [6.07, 6.45) is 0. The highest BCUT2D eigenvalue weighted by Gasteiger charge is 2.04. The fourth-order valence-corrected chi connectivity index (χ4v) is 0.926. The zero-order chi connectivity index (χ0) is 11.0. The molecule has 1 rings (SSSR count). The number of nitro groups is 1. The van der Waals surface area contributed by atoms with E-state index >= 15 is 0 Å². The number of benzene rings is 1. The van der Waals surface area contributed by atoms with E-state index in [2.05, 4.69) is 0 Å². The third kappa shape index (κ3) is 4.00. The molecule has 0 aliphatic heterocycles. The summed E-state index contributed by atoms with van der Waals surface area (Å²) in [5, 5.41) is 10.3. The molecule has 0 saturated carbocycles. The highest BCUT2D eigenvalue weighted by atomic mass is 16.6. The van der Waals surface area contributed by atoms with Crippen molar-refractivity contribution in [1.82, 2.24) is 0 Å². The molecule has 0 radical (unpaired) electrons. The predicted molar refractivity (Wildman–Crippen MR) is 55.2 cm³/mol. The molecule has 1 aromatic rings. The predicted octanol–water partition coefficient (Wildman–Crippen LogP) is 2.77. The van der Waals surface area contributed by atoms with Crippen LogP contribution in [0.2, 0.25) is 0 Å². The van der Waals surface area contributed by atoms with Crippen LogP contribution in [-0.2, 0) is 11.3 Å². The first-order chi connectivity index (χ1) is 6.74. The zero-order valence-electron chi connectivity index (χ0n) is 8.69. The van der Waals surface area contributed by atoms with Crippen LogP contribution in [0.3, 0.4) is 0 Å². The fourth-order valence-electron chi connectivity index (χ4n) is 0.926. The molecule has 4 heteroatoms. The SMILES string of the molecule is CC.COCc1cccc([N+](=O)[O-])c1. The van der Waals surface area contributed by atoms with E-state index in [9.17, 15) is 10.1 Å². The Balaban J connectivity index is 0.000000791. The van der Waals surface area contributed by atoms with E-state index < -0.39 is 4.92 Å². The van der Waals surface area contributed by atoms with Crippen LogP contribution in [0.1, 0.15) is 19.4 Å². The Hall–Kier alpha value is -1.42. The molecule has 0 amide bonds. The van der Waals surface area contributed by atoms with Crippen LogP contribution in [0.15, 0.2) is 24.3 Å². The van der Waals surface area contributed by atoms with Gasteiger partial charge in [0, 0.05) is 19.2 Å². The zero-order valence-corrected chi connectivity index (χ0v) is 8.69. The topological polar surface area (TPSA) is 52.4 Å². The van der Waals surface area contributed by atoms with E-state index in [-0.39, 0.29) is 5.69 Å². The maximum Gasteiger partial charge on any atom is 0.269 e. The van der Waals surface area contributed by atoms with Gasteiger partial charge in [-0.05, 0) is 5.56 Å². The van der Waals surface area contributed by atoms with Crippen molar-refractivity contribution in [1.29, 1.82) is 0 Å². The number of rotatable bonds is 3. The largest absolute Gasteiger partial charge is 0.380 e. The molecule has 0 atom stereocenters. The van der Waals surface area contributed by atoms with E-state index in [0.29, 0.717) is 6.61 Å². The van der Waals surface area contributed by atoms with Gasteiger partial charge in [0.25, 0.3) is 5.69 Å². The smallest absolute Gasteiger partial charge is 0.269 e. The Morgan fingerprint density at radius 1 is 1.43 bits per heavy atom. The maximum atomic E-state index is 10.3. The van der Waals surface area contributed by atoms with Crippen LogP contribution in [0.4, 0.5) is 5.69 Å². The van der Waals surface area contributed by atoms with E-state index in [1.165, 1.54) is 12.1 Å². The van der Waals surface area contributed by atoms with Crippen molar-refractivity contribution >= 4 is 5.69 Å². The number of ether oxygens (including phenoxy) is 1. The van der Waals surface area contributed by atoms with E-state index in [1.54, 1.807) is 19.2 Å². The van der Waals surface area contributed by atoms with Crippen molar-refractivity contribution in [2.45, 2.75) is 20.5 Å². The van der Waals surface area contributed by atoms with Crippen molar-refractivity contribution in [2.24, 2.45) is 0 Å². The molecule has 0 bridgehead atoms. The van der Waals surface area contributed by atoms with Crippen molar-refractivity contribution in [2.75, 3.05) is 7.11 Å². The van der Waals surface area contributed by atoms with Gasteiger partial charge in [-0.15, -0.1) is 0 Å². The summed E-state index contributed by atoms with van der Waals surface area (Å²) in [6, 6.07) is 6.39. The quantitative estimate of drug-likeness (QED) is 0.553. The van der Waals surface area contributed by atoms with Crippen molar-refractivity contribution < 1.29 is 9.66 Å². The third-order valence-electron chi connectivity index (χ3n) is 1.43. The average molecular weight is 197 g/mol. The number of nitrogens with zero attached hydrogens (tertiary/aromatic N) is 1. The number of methoxy groups -OCH3 is 1. The second-order valence-electron chi connectivity index (χ2n) is 2.36. The van der Waals surface area contributed by atoms with Crippen molar-refractivity contribution in [3.63, 3.8) is 0 Å². The molecule has 0 fully saturated rings. The van der Waals surface area contributed by atoms with Crippen LogP contribution in [0.25, 0.3) is 0 Å². The normalized spacial score (nSPS) is 8.79. The van der Waals surface area contributed by atoms with Crippen LogP contribution in [0, 0.1) is 10.1 Å². The number of hydrogen-bond acceptors (Lipinski definition) is 3. The molecule has 0 aliphatic rings. The summed E-state index contributed by atoms with van der Waals surface area (Å²) in [4.78, 5) is 9.90. The van der Waals surface area contributed by atoms with Crippen LogP contribution >= 0.6 is 0 Å². The Bertz CT molecular complexity index is 286. The first-order valence-electron chi connectivity index (χ1n) is 4.46. The Morgan fingerprint density at radius 2 is 2.07 bits per heavy atom. The van der Waals surface area contributed by atoms with Gasteiger partial charge in [-0.2, -0.15) is 0 Å². The van der Waals surface area contributed by atoms with E-state index in [0.717, 1.165) is 5.56 Å². The molecule has 0 saturated heterocycles. The van der Waals surface area contributed by atoms with Gasteiger partial charge in [0.15, 0.2) is 0 Å². The van der Waals surface area contributed by atoms with Crippen LogP contribution in [-0.4, -0.2) is 12.0 Å². The summed E-state index contributed by atoms with van der Waals surface area (Å²) in [7, 11) is 1.55. The molecule has 4 nitrogen and oxygen atoms in total. The van der Waals surface area contributed by atoms with Gasteiger partial charge in [-0.1, -0.05) is 26.0 Å². The van der Waals surface area contributed by atoms with Gasteiger partial charge >= 0.3 is 0 Å². The monoisotopic (exact) mass is 197 g/mol. The van der Waals surface area contributed by atoms with Gasteiger partial charge in [-0.3, -0.25) is 10.1 Å². The van der Waals surface area contributed by atoms with Gasteiger partial charge in [0.1, 0.15) is 0 Å². The summed E-state index contributed by atoms with van der Waals surface area (Å²) < 4.78 is 4.84. The minimum atomic E-state index is -0.418. The molecule has 78 valence electrons. The molecule has 0 unspecified atom stereocenters. The second-order valence-corrected chi connectivity index (χ2v) is 2.36. The fraction of sp³-hybridized carbons (Fsp3) is 0.400. The van der Waals surface area contributed by atoms with Crippen molar-refractivity contribution in [3.8, 4) is 0 Å². The summed E-state index contributed by atoms with van der Waals surface area (Å²) >= 11 is 0. The highest BCUT2D eigenvalue weighted by Crippen LogP contribution is 2.13. The Kier molecular flexibility index (Phi) is 6.32. The first kappa shape index (κ1) is 12.6. The molecular formula is C10H15NO3. The molecule has 1 aromatic carbocycles. The lowest BCUT2D eigenvalue weighted by molar-refractivity contribution is -0.384. The molecule has 0 N–H and O–H groups in total. The van der Waals surface area contributed by atoms with Gasteiger partial charge in [-0.25, -0.2) is 0 Å². The molecule has 0 aliphatic carbocycles. The lowest BCUT2D eigenvalue weighted by Gasteiger charge is -1.97. The van der Waals surface area contributed by atoms with Crippen LogP contribution < -0.4 is 0 Å². The summed E-state index contributed by atoms with van der Waals surface area (Å²) in [5.41, 5.74) is 0.913. The number of nitro benzene ring substituents is 1. The lowest BCUT2D eigenvalue weighted by atomic mass is 10.2. The number of non-ortho nitro benzene ring substituents is 1. The van der Waals surface area contributed by atoms with Crippen molar-refractivity contribution in [3.05, 3.63) is 39.9 Å². The summed E-state index contributed by atoms with van der Waals surface area (Å²) in [5.74, 6) is 0. The number of hydrogen-bond donors (Lipinski definition) is 0. The van der Waals surface area contributed by atoms with Crippen LogP contribution in [0.5, 0.6) is 0 Å². The van der Waals surface area contributed by atoms with E-state index in [1.807, 2.05) is 13.8 Å². The molecule has 0 aromatic heterocycles. The highest BCUT2D eigenvalue weighted by molar-refractivity contribution is 5.33. The molecule has 0 spiro atoms. The van der Waals surface area contributed by atoms with E-state index in [4.69, 9.17) is 4.74 Å². The third-order valence-corrected chi connectivity index (χ3v) is 1.43. The summed E-state index contributed by atoms with van der Waals surface area (Å²) in [6.45, 7) is 4.40. The lowest BCUT2D eigenvalue weighted by Crippen LogP contribution is -1.91. The standard InChI is InChI=1S/C8H9NO3.C2H6/c1-12-6-7-3-2-4-8(5-7)9(10)11;1-2/h2-5H,6H2,1H3;1-2H3. The maximum absolute atomic E-state index is 10.3. The molecule has 0 heterocycles. The molecule has 14 heavy (non-hydrogen) atoms. The van der Waals surface area contributed by atoms with Gasteiger partial charge < -0.3 is 4.74 Å². The second kappa shape index (κ2) is 7.03. The molecular weight excluding hydrogens is 182 g/mol. The van der Waals surface area contributed by atoms with Gasteiger partial charge in [0.05, 0.1) is 11.5 Å². The minimum absolute atomic E-state index is 0.101. The Labute approximate surface area is 83.7 Å². The average Bonchev–Trinajstić information content (AvgIpc) is 2.22. The van der Waals surface area contributed by atoms with Gasteiger partial charge in [0.2, 0.25) is 0 Å². The first-order valence-corrected chi connectivity index (χ1v) is 4.46. The minimum Gasteiger partial charge on any atom is -0.380 e.